The van der Waals surface area contributed by atoms with Crippen LogP contribution in [0.3, 0.4) is 0 Å². The van der Waals surface area contributed by atoms with Crippen LogP contribution in [-0.2, 0) is 9.59 Å². The zero-order valence-corrected chi connectivity index (χ0v) is 16.0. The van der Waals surface area contributed by atoms with E-state index < -0.39 is 35.4 Å². The minimum absolute atomic E-state index is 0.00493. The Morgan fingerprint density at radius 2 is 1.93 bits per heavy atom. The molecule has 148 valence electrons. The molecule has 0 radical (unpaired) electrons. The van der Waals surface area contributed by atoms with E-state index >= 15 is 0 Å². The number of aryl methyl sites for hydroxylation is 1. The zero-order valence-electron chi connectivity index (χ0n) is 15.1. The Kier molecular flexibility index (Phi) is 5.79. The van der Waals surface area contributed by atoms with Crippen molar-refractivity contribution in [1.82, 2.24) is 4.90 Å². The predicted octanol–water partition coefficient (Wildman–Crippen LogP) is 3.51. The minimum Gasteiger partial charge on any atom is -0.478 e. The summed E-state index contributed by atoms with van der Waals surface area (Å²) < 4.78 is 13.8. The highest BCUT2D eigenvalue weighted by Crippen LogP contribution is 2.32. The number of aromatic carboxylic acids is 1. The van der Waals surface area contributed by atoms with Gasteiger partial charge in [0.05, 0.1) is 16.2 Å². The van der Waals surface area contributed by atoms with E-state index in [0.29, 0.717) is 11.8 Å². The first kappa shape index (κ1) is 20.3. The number of carbonyl (C=O) groups excluding carboxylic acids is 3. The summed E-state index contributed by atoms with van der Waals surface area (Å²) in [5.41, 5.74) is 0.825. The highest BCUT2D eigenvalue weighted by atomic mass is 32.2. The average molecular weight is 414 g/mol. The van der Waals surface area contributed by atoms with Crippen LogP contribution in [0.15, 0.2) is 47.4 Å². The summed E-state index contributed by atoms with van der Waals surface area (Å²) in [4.78, 5) is 49.0. The van der Waals surface area contributed by atoms with Crippen LogP contribution in [0.5, 0.6) is 0 Å². The fourth-order valence-electron chi connectivity index (χ4n) is 2.65. The van der Waals surface area contributed by atoms with Gasteiger partial charge in [-0.1, -0.05) is 24.3 Å². The number of carboxylic acids is 1. The number of hydrogen-bond donors (Lipinski definition) is 2. The lowest BCUT2D eigenvalue weighted by molar-refractivity contribution is -0.127. The lowest BCUT2D eigenvalue weighted by Gasteiger charge is -2.14. The van der Waals surface area contributed by atoms with Crippen LogP contribution in [0.2, 0.25) is 0 Å². The number of anilines is 1. The van der Waals surface area contributed by atoms with E-state index in [1.165, 1.54) is 36.4 Å². The maximum absolute atomic E-state index is 13.8. The number of nitrogens with one attached hydrogen (secondary N) is 1. The van der Waals surface area contributed by atoms with E-state index in [0.717, 1.165) is 10.5 Å². The van der Waals surface area contributed by atoms with Gasteiger partial charge in [-0.05, 0) is 48.5 Å². The highest BCUT2D eigenvalue weighted by molar-refractivity contribution is 8.18. The van der Waals surface area contributed by atoms with Gasteiger partial charge in [-0.2, -0.15) is 0 Å². The summed E-state index contributed by atoms with van der Waals surface area (Å²) in [7, 11) is 0. The van der Waals surface area contributed by atoms with E-state index in [4.69, 9.17) is 0 Å². The molecule has 3 rings (SSSR count). The molecule has 1 aliphatic rings. The number of thioether (sulfide) groups is 1. The Balaban J connectivity index is 1.76. The predicted molar refractivity (Wildman–Crippen MR) is 106 cm³/mol. The van der Waals surface area contributed by atoms with Crippen molar-refractivity contribution in [3.63, 3.8) is 0 Å². The molecule has 1 fully saturated rings. The van der Waals surface area contributed by atoms with E-state index in [1.54, 1.807) is 19.1 Å². The van der Waals surface area contributed by atoms with Crippen LogP contribution >= 0.6 is 11.8 Å². The molecule has 0 unspecified atom stereocenters. The van der Waals surface area contributed by atoms with Gasteiger partial charge in [0.15, 0.2) is 0 Å². The fourth-order valence-corrected chi connectivity index (χ4v) is 3.48. The van der Waals surface area contributed by atoms with Gasteiger partial charge in [0.2, 0.25) is 5.91 Å². The van der Waals surface area contributed by atoms with Crippen LogP contribution in [0.25, 0.3) is 6.08 Å². The summed E-state index contributed by atoms with van der Waals surface area (Å²) in [6.07, 6.45) is 1.25. The molecule has 7 nitrogen and oxygen atoms in total. The van der Waals surface area contributed by atoms with Crippen molar-refractivity contribution in [2.75, 3.05) is 11.9 Å². The highest BCUT2D eigenvalue weighted by Gasteiger charge is 2.36. The first-order chi connectivity index (χ1) is 13.8. The Morgan fingerprint density at radius 3 is 2.62 bits per heavy atom. The molecule has 0 aliphatic carbocycles. The normalized spacial score (nSPS) is 15.1. The topological polar surface area (TPSA) is 104 Å². The molecule has 1 heterocycles. The number of hydrogen-bond acceptors (Lipinski definition) is 5. The van der Waals surface area contributed by atoms with E-state index in [2.05, 4.69) is 5.32 Å². The summed E-state index contributed by atoms with van der Waals surface area (Å²) >= 11 is 0.602. The van der Waals surface area contributed by atoms with Gasteiger partial charge >= 0.3 is 5.97 Å². The monoisotopic (exact) mass is 414 g/mol. The van der Waals surface area contributed by atoms with Gasteiger partial charge in [-0.25, -0.2) is 9.18 Å². The number of halogens is 1. The second-order valence-corrected chi connectivity index (χ2v) is 7.18. The first-order valence-electron chi connectivity index (χ1n) is 8.40. The third-order valence-electron chi connectivity index (χ3n) is 4.05. The average Bonchev–Trinajstić information content (AvgIpc) is 2.91. The van der Waals surface area contributed by atoms with Crippen molar-refractivity contribution >= 4 is 46.5 Å². The molecule has 2 aromatic rings. The first-order valence-corrected chi connectivity index (χ1v) is 9.21. The fraction of sp³-hybridized carbons (Fsp3) is 0.100. The summed E-state index contributed by atoms with van der Waals surface area (Å²) in [6.45, 7) is 1.14. The molecule has 3 amide bonds. The van der Waals surface area contributed by atoms with Crippen LogP contribution < -0.4 is 5.32 Å². The molecule has 0 atom stereocenters. The molecular weight excluding hydrogens is 399 g/mol. The second kappa shape index (κ2) is 8.27. The number of carboxylic acid groups (broad SMARTS) is 1. The lowest BCUT2D eigenvalue weighted by Crippen LogP contribution is -2.36. The van der Waals surface area contributed by atoms with Crippen LogP contribution in [0.4, 0.5) is 14.9 Å². The zero-order chi connectivity index (χ0) is 21.1. The lowest BCUT2D eigenvalue weighted by atomic mass is 10.1. The number of benzene rings is 2. The minimum atomic E-state index is -1.22. The number of amides is 3. The van der Waals surface area contributed by atoms with Gasteiger partial charge in [0.25, 0.3) is 11.1 Å². The molecule has 1 aliphatic heterocycles. The molecule has 0 saturated carbocycles. The molecule has 0 aromatic heterocycles. The summed E-state index contributed by atoms with van der Waals surface area (Å²) in [6, 6.07) is 10.2. The molecule has 2 N–H and O–H groups in total. The van der Waals surface area contributed by atoms with Gasteiger partial charge in [-0.3, -0.25) is 19.3 Å². The Labute approximate surface area is 169 Å². The molecule has 0 spiro atoms. The van der Waals surface area contributed by atoms with Crippen molar-refractivity contribution in [2.45, 2.75) is 6.92 Å². The largest absolute Gasteiger partial charge is 0.478 e. The molecule has 9 heteroatoms. The number of carbonyl (C=O) groups is 4. The SMILES string of the molecule is Cc1ccc(C(=O)O)c(NC(=O)CN2C(=O)S/C(=C\c3ccccc3F)C2=O)c1. The van der Waals surface area contributed by atoms with E-state index in [1.807, 2.05) is 0 Å². The van der Waals surface area contributed by atoms with Crippen molar-refractivity contribution in [1.29, 1.82) is 0 Å². The van der Waals surface area contributed by atoms with Gasteiger partial charge < -0.3 is 10.4 Å². The Bertz CT molecular complexity index is 1070. The molecule has 0 bridgehead atoms. The summed E-state index contributed by atoms with van der Waals surface area (Å²) in [5, 5.41) is 11.0. The maximum atomic E-state index is 13.8. The number of nitrogens with zero attached hydrogens (tertiary/aromatic N) is 1. The second-order valence-electron chi connectivity index (χ2n) is 6.19. The third kappa shape index (κ3) is 4.52. The van der Waals surface area contributed by atoms with Gasteiger partial charge in [0, 0.05) is 5.56 Å². The smallest absolute Gasteiger partial charge is 0.337 e. The van der Waals surface area contributed by atoms with Crippen LogP contribution in [0.1, 0.15) is 21.5 Å². The molecule has 1 saturated heterocycles. The van der Waals surface area contributed by atoms with Crippen molar-refractivity contribution in [2.24, 2.45) is 0 Å². The van der Waals surface area contributed by atoms with Crippen LogP contribution in [-0.4, -0.2) is 39.6 Å². The molecular formula is C20H15FN2O5S. The van der Waals surface area contributed by atoms with Crippen molar-refractivity contribution < 1.29 is 28.7 Å². The van der Waals surface area contributed by atoms with Gasteiger partial charge in [0.1, 0.15) is 12.4 Å². The standard InChI is InChI=1S/C20H15FN2O5S/c1-11-6-7-13(19(26)27)15(8-11)22-17(24)10-23-18(25)16(29-20(23)28)9-12-4-2-3-5-14(12)21/h2-9H,10H2,1H3,(H,22,24)(H,26,27)/b16-9-. The number of imide groups is 1. The molecule has 29 heavy (non-hydrogen) atoms. The number of rotatable bonds is 5. The quantitative estimate of drug-likeness (QED) is 0.726. The van der Waals surface area contributed by atoms with Gasteiger partial charge in [-0.15, -0.1) is 0 Å². The van der Waals surface area contributed by atoms with Crippen molar-refractivity contribution in [3.8, 4) is 0 Å². The van der Waals surface area contributed by atoms with E-state index in [9.17, 15) is 28.7 Å². The molecule has 2 aromatic carbocycles. The van der Waals surface area contributed by atoms with Crippen LogP contribution in [0, 0.1) is 12.7 Å². The third-order valence-corrected chi connectivity index (χ3v) is 4.95. The Hall–Kier alpha value is -3.46. The summed E-state index contributed by atoms with van der Waals surface area (Å²) in [5.74, 6) is -3.22. The van der Waals surface area contributed by atoms with Crippen molar-refractivity contribution in [3.05, 3.63) is 69.9 Å². The Morgan fingerprint density at radius 1 is 1.21 bits per heavy atom. The maximum Gasteiger partial charge on any atom is 0.337 e. The van der Waals surface area contributed by atoms with E-state index in [-0.39, 0.29) is 21.7 Å².